The second-order valence-electron chi connectivity index (χ2n) is 12.8. The van der Waals surface area contributed by atoms with Crippen LogP contribution in [0.2, 0.25) is 0 Å². The van der Waals surface area contributed by atoms with Crippen LogP contribution in [0.5, 0.6) is 0 Å². The van der Waals surface area contributed by atoms with Gasteiger partial charge in [-0.1, -0.05) is 142 Å². The lowest BCUT2D eigenvalue weighted by atomic mass is 10.0. The van der Waals surface area contributed by atoms with E-state index in [9.17, 15) is 9.59 Å². The third-order valence-corrected chi connectivity index (χ3v) is 7.44. The Morgan fingerprint density at radius 3 is 1.32 bits per heavy atom. The minimum absolute atomic E-state index is 0. The predicted molar refractivity (Wildman–Crippen MR) is 166 cm³/mol. The number of halogens is 1. The van der Waals surface area contributed by atoms with Gasteiger partial charge in [0.25, 0.3) is 0 Å². The number of hydrogen-bond donors (Lipinski definition) is 0. The number of rotatable bonds is 29. The zero-order valence-corrected chi connectivity index (χ0v) is 28.2. The highest BCUT2D eigenvalue weighted by Gasteiger charge is 2.25. The smallest absolute Gasteiger partial charge is 0.309 e. The molecule has 0 fully saturated rings. The average molecular weight is 590 g/mol. The molecular formula is C34H68ClNO4. The Labute approximate surface area is 255 Å². The van der Waals surface area contributed by atoms with Crippen LogP contribution in [0, 0.1) is 0 Å². The van der Waals surface area contributed by atoms with E-state index in [2.05, 4.69) is 35.0 Å². The summed E-state index contributed by atoms with van der Waals surface area (Å²) in [6.45, 7) is 5.59. The molecule has 0 amide bonds. The van der Waals surface area contributed by atoms with Crippen molar-refractivity contribution in [2.45, 2.75) is 174 Å². The third-order valence-electron chi connectivity index (χ3n) is 7.44. The van der Waals surface area contributed by atoms with Crippen molar-refractivity contribution in [2.75, 3.05) is 34.3 Å². The topological polar surface area (TPSA) is 52.6 Å². The van der Waals surface area contributed by atoms with Gasteiger partial charge in [-0.2, -0.15) is 0 Å². The number of esters is 2. The van der Waals surface area contributed by atoms with Crippen molar-refractivity contribution in [1.82, 2.24) is 0 Å². The van der Waals surface area contributed by atoms with E-state index in [0.717, 1.165) is 25.7 Å². The maximum Gasteiger partial charge on any atom is 0.309 e. The molecule has 6 heteroatoms. The standard InChI is InChI=1S/C34H68NO4.ClH/c1-6-8-10-12-14-16-17-18-19-20-22-24-26-28-33(36)39-32(31-35(3,4)5)30-34(37)38-29-27-25-23-21-15-13-11-9-7-2;/h32H,6-31H2,1-5H3;1H/q+1;/p-1/t32-;/m1./s1. The summed E-state index contributed by atoms with van der Waals surface area (Å²) in [4.78, 5) is 24.9. The van der Waals surface area contributed by atoms with Crippen LogP contribution >= 0.6 is 0 Å². The third kappa shape index (κ3) is 31.7. The van der Waals surface area contributed by atoms with Crippen LogP contribution in [0.3, 0.4) is 0 Å². The Kier molecular flexibility index (Phi) is 30.7. The molecule has 0 unspecified atom stereocenters. The molecule has 0 spiro atoms. The maximum absolute atomic E-state index is 12.5. The zero-order valence-electron chi connectivity index (χ0n) is 27.4. The SMILES string of the molecule is CCCCCCCCCCCCCCCC(=O)O[C@H](CC(=O)OCCCCCCCCCCC)C[N+](C)(C)C.[Cl-]. The molecule has 0 heterocycles. The molecule has 240 valence electrons. The number of ether oxygens (including phenoxy) is 2. The highest BCUT2D eigenvalue weighted by Crippen LogP contribution is 2.15. The van der Waals surface area contributed by atoms with Gasteiger partial charge in [-0.3, -0.25) is 9.59 Å². The lowest BCUT2D eigenvalue weighted by molar-refractivity contribution is -0.873. The zero-order chi connectivity index (χ0) is 29.0. The molecule has 0 aromatic rings. The molecule has 0 aromatic heterocycles. The van der Waals surface area contributed by atoms with Crippen LogP contribution in [0.25, 0.3) is 0 Å². The molecule has 0 aliphatic rings. The van der Waals surface area contributed by atoms with Gasteiger partial charge in [0.2, 0.25) is 0 Å². The van der Waals surface area contributed by atoms with Crippen LogP contribution < -0.4 is 12.4 Å². The Hall–Kier alpha value is -0.810. The van der Waals surface area contributed by atoms with Gasteiger partial charge in [-0.25, -0.2) is 0 Å². The lowest BCUT2D eigenvalue weighted by Gasteiger charge is -2.28. The van der Waals surface area contributed by atoms with Crippen LogP contribution in [0.1, 0.15) is 168 Å². The number of carbonyl (C=O) groups excluding carboxylic acids is 2. The minimum atomic E-state index is -0.421. The van der Waals surface area contributed by atoms with E-state index >= 15 is 0 Å². The monoisotopic (exact) mass is 589 g/mol. The van der Waals surface area contributed by atoms with E-state index in [1.807, 2.05) is 0 Å². The van der Waals surface area contributed by atoms with Gasteiger partial charge in [0.15, 0.2) is 6.10 Å². The molecule has 1 atom stereocenters. The normalized spacial score (nSPS) is 12.1. The first kappa shape index (κ1) is 41.3. The van der Waals surface area contributed by atoms with Crippen molar-refractivity contribution in [2.24, 2.45) is 0 Å². The molecule has 0 N–H and O–H groups in total. The summed E-state index contributed by atoms with van der Waals surface area (Å²) in [7, 11) is 6.17. The fraction of sp³-hybridized carbons (Fsp3) is 0.941. The van der Waals surface area contributed by atoms with Crippen molar-refractivity contribution < 1.29 is 36.0 Å². The van der Waals surface area contributed by atoms with Crippen LogP contribution in [-0.4, -0.2) is 56.8 Å². The highest BCUT2D eigenvalue weighted by atomic mass is 35.5. The van der Waals surface area contributed by atoms with E-state index in [0.29, 0.717) is 24.1 Å². The van der Waals surface area contributed by atoms with E-state index < -0.39 is 6.10 Å². The first-order valence-electron chi connectivity index (χ1n) is 16.9. The molecular weight excluding hydrogens is 522 g/mol. The van der Waals surface area contributed by atoms with Crippen molar-refractivity contribution in [3.8, 4) is 0 Å². The Balaban J connectivity index is 0. The van der Waals surface area contributed by atoms with E-state index in [-0.39, 0.29) is 30.8 Å². The molecule has 0 aromatic carbocycles. The molecule has 0 rings (SSSR count). The summed E-state index contributed by atoms with van der Waals surface area (Å²) in [5, 5.41) is 0. The fourth-order valence-corrected chi connectivity index (χ4v) is 5.13. The molecule has 0 radical (unpaired) electrons. The molecule has 0 saturated heterocycles. The number of quaternary nitrogens is 1. The minimum Gasteiger partial charge on any atom is -1.00 e. The van der Waals surface area contributed by atoms with Crippen LogP contribution in [0.15, 0.2) is 0 Å². The number of unbranched alkanes of at least 4 members (excludes halogenated alkanes) is 20. The molecule has 0 aliphatic carbocycles. The Morgan fingerprint density at radius 2 is 0.925 bits per heavy atom. The van der Waals surface area contributed by atoms with Crippen molar-refractivity contribution in [3.63, 3.8) is 0 Å². The maximum atomic E-state index is 12.5. The van der Waals surface area contributed by atoms with Gasteiger partial charge in [0, 0.05) is 6.42 Å². The number of hydrogen-bond acceptors (Lipinski definition) is 4. The predicted octanol–water partition coefficient (Wildman–Crippen LogP) is 6.55. The average Bonchev–Trinajstić information content (AvgIpc) is 2.87. The van der Waals surface area contributed by atoms with Gasteiger partial charge in [-0.15, -0.1) is 0 Å². The summed E-state index contributed by atoms with van der Waals surface area (Å²) in [6.07, 6.45) is 28.1. The van der Waals surface area contributed by atoms with Crippen molar-refractivity contribution >= 4 is 11.9 Å². The largest absolute Gasteiger partial charge is 1.00 e. The van der Waals surface area contributed by atoms with Gasteiger partial charge < -0.3 is 26.4 Å². The molecule has 5 nitrogen and oxygen atoms in total. The number of likely N-dealkylation sites (N-methyl/N-ethyl adjacent to an activating group) is 1. The summed E-state index contributed by atoms with van der Waals surface area (Å²) < 4.78 is 11.9. The molecule has 0 saturated carbocycles. The highest BCUT2D eigenvalue weighted by molar-refractivity contribution is 5.72. The Bertz CT molecular complexity index is 565. The van der Waals surface area contributed by atoms with Crippen molar-refractivity contribution in [1.29, 1.82) is 0 Å². The summed E-state index contributed by atoms with van der Waals surface area (Å²) in [5.41, 5.74) is 0. The number of carbonyl (C=O) groups is 2. The summed E-state index contributed by atoms with van der Waals surface area (Å²) >= 11 is 0. The first-order valence-corrected chi connectivity index (χ1v) is 16.9. The van der Waals surface area contributed by atoms with Crippen LogP contribution in [-0.2, 0) is 19.1 Å². The van der Waals surface area contributed by atoms with Crippen LogP contribution in [0.4, 0.5) is 0 Å². The molecule has 0 bridgehead atoms. The summed E-state index contributed by atoms with van der Waals surface area (Å²) in [5.74, 6) is -0.426. The van der Waals surface area contributed by atoms with Gasteiger partial charge in [0.1, 0.15) is 6.54 Å². The second kappa shape index (κ2) is 29.7. The van der Waals surface area contributed by atoms with E-state index in [1.165, 1.54) is 116 Å². The van der Waals surface area contributed by atoms with Gasteiger partial charge in [0.05, 0.1) is 34.2 Å². The summed E-state index contributed by atoms with van der Waals surface area (Å²) in [6, 6.07) is 0. The first-order chi connectivity index (χ1) is 18.8. The quantitative estimate of drug-likeness (QED) is 0.0563. The molecule has 40 heavy (non-hydrogen) atoms. The van der Waals surface area contributed by atoms with E-state index in [4.69, 9.17) is 9.47 Å². The molecule has 0 aliphatic heterocycles. The number of nitrogens with zero attached hydrogens (tertiary/aromatic N) is 1. The van der Waals surface area contributed by atoms with Crippen molar-refractivity contribution in [3.05, 3.63) is 0 Å². The van der Waals surface area contributed by atoms with E-state index in [1.54, 1.807) is 0 Å². The Morgan fingerprint density at radius 1 is 0.550 bits per heavy atom. The van der Waals surface area contributed by atoms with Gasteiger partial charge >= 0.3 is 11.9 Å². The van der Waals surface area contributed by atoms with Gasteiger partial charge in [-0.05, 0) is 12.8 Å². The fourth-order valence-electron chi connectivity index (χ4n) is 5.13. The second-order valence-corrected chi connectivity index (χ2v) is 12.8. The lowest BCUT2D eigenvalue weighted by Crippen LogP contribution is -3.00.